The zero-order valence-corrected chi connectivity index (χ0v) is 23.5. The van der Waals surface area contributed by atoms with Crippen molar-refractivity contribution >= 4 is 5.97 Å². The monoisotopic (exact) mass is 518 g/mol. The third-order valence-electron chi connectivity index (χ3n) is 7.72. The topological polar surface area (TPSA) is 87.0 Å². The molecule has 204 valence electrons. The molecule has 0 fully saturated rings. The second kappa shape index (κ2) is 12.1. The highest BCUT2D eigenvalue weighted by Crippen LogP contribution is 2.42. The van der Waals surface area contributed by atoms with Gasteiger partial charge in [0.05, 0.1) is 11.7 Å². The molecule has 0 heterocycles. The van der Waals surface area contributed by atoms with Crippen LogP contribution in [0.25, 0.3) is 11.1 Å². The number of carboxylic acids is 1. The number of carbonyl (C=O) groups is 1. The number of aliphatic carboxylic acids is 1. The van der Waals surface area contributed by atoms with Crippen LogP contribution in [0.1, 0.15) is 81.2 Å². The minimum atomic E-state index is -0.925. The average molecular weight is 519 g/mol. The minimum Gasteiger partial charge on any atom is -0.491 e. The second-order valence-electron chi connectivity index (χ2n) is 10.8. The van der Waals surface area contributed by atoms with Crippen molar-refractivity contribution in [1.29, 1.82) is 0 Å². The van der Waals surface area contributed by atoms with Crippen LogP contribution >= 0.6 is 0 Å². The van der Waals surface area contributed by atoms with Gasteiger partial charge in [-0.15, -0.1) is 0 Å². The summed E-state index contributed by atoms with van der Waals surface area (Å²) in [5.74, 6) is -0.228. The Morgan fingerprint density at radius 1 is 0.895 bits per heavy atom. The zero-order chi connectivity index (χ0) is 28.1. The number of aryl methyl sites for hydroxylation is 2. The highest BCUT2D eigenvalue weighted by molar-refractivity contribution is 5.69. The molecule has 0 aliphatic carbocycles. The Bertz CT molecular complexity index is 1250. The second-order valence-corrected chi connectivity index (χ2v) is 10.8. The molecule has 0 aromatic heterocycles. The normalized spacial score (nSPS) is 12.8. The van der Waals surface area contributed by atoms with Crippen LogP contribution in [0, 0.1) is 13.8 Å². The molecule has 1 atom stereocenters. The van der Waals surface area contributed by atoms with E-state index in [9.17, 15) is 15.0 Å². The molecule has 0 spiro atoms. The lowest BCUT2D eigenvalue weighted by Crippen LogP contribution is -2.26. The van der Waals surface area contributed by atoms with Gasteiger partial charge in [0, 0.05) is 11.8 Å². The third-order valence-corrected chi connectivity index (χ3v) is 7.72. The van der Waals surface area contributed by atoms with Crippen LogP contribution in [-0.4, -0.2) is 34.0 Å². The fraction of sp³-hybridized carbons (Fsp3) is 0.424. The van der Waals surface area contributed by atoms with Crippen LogP contribution in [0.3, 0.4) is 0 Å². The molecule has 5 heteroatoms. The molecule has 0 bridgehead atoms. The highest BCUT2D eigenvalue weighted by atomic mass is 16.5. The molecule has 0 amide bonds. The Morgan fingerprint density at radius 2 is 1.53 bits per heavy atom. The van der Waals surface area contributed by atoms with Crippen LogP contribution in [0.4, 0.5) is 0 Å². The fourth-order valence-electron chi connectivity index (χ4n) is 5.25. The average Bonchev–Trinajstić information content (AvgIpc) is 2.87. The lowest BCUT2D eigenvalue weighted by atomic mass is 9.69. The summed E-state index contributed by atoms with van der Waals surface area (Å²) in [6.07, 6.45) is 1.13. The van der Waals surface area contributed by atoms with Gasteiger partial charge in [0.15, 0.2) is 0 Å². The number of aliphatic hydroxyl groups excluding tert-OH is 1. The van der Waals surface area contributed by atoms with E-state index < -0.39 is 17.7 Å². The first-order valence-electron chi connectivity index (χ1n) is 13.5. The summed E-state index contributed by atoms with van der Waals surface area (Å²) in [5, 5.41) is 29.3. The minimum absolute atomic E-state index is 0.0650. The van der Waals surface area contributed by atoms with Gasteiger partial charge in [-0.25, -0.2) is 0 Å². The molecule has 3 rings (SSSR count). The number of hydrogen-bond acceptors (Lipinski definition) is 4. The molecular weight excluding hydrogens is 476 g/mol. The summed E-state index contributed by atoms with van der Waals surface area (Å²) in [7, 11) is 0. The molecule has 0 saturated heterocycles. The van der Waals surface area contributed by atoms with Crippen molar-refractivity contribution in [3.05, 3.63) is 88.5 Å². The van der Waals surface area contributed by atoms with Crippen molar-refractivity contribution < 1.29 is 24.9 Å². The largest absolute Gasteiger partial charge is 0.491 e. The van der Waals surface area contributed by atoms with Gasteiger partial charge in [0.2, 0.25) is 0 Å². The van der Waals surface area contributed by atoms with Gasteiger partial charge in [0.25, 0.3) is 0 Å². The number of aliphatic hydroxyl groups is 2. The van der Waals surface area contributed by atoms with Gasteiger partial charge in [-0.1, -0.05) is 62.4 Å². The van der Waals surface area contributed by atoms with Crippen molar-refractivity contribution in [3.8, 4) is 16.9 Å². The van der Waals surface area contributed by atoms with E-state index in [1.165, 1.54) is 16.7 Å². The third kappa shape index (κ3) is 6.64. The van der Waals surface area contributed by atoms with Crippen molar-refractivity contribution in [2.75, 3.05) is 6.61 Å². The lowest BCUT2D eigenvalue weighted by molar-refractivity contribution is -0.137. The summed E-state index contributed by atoms with van der Waals surface area (Å²) >= 11 is 0. The Labute approximate surface area is 227 Å². The van der Waals surface area contributed by atoms with Crippen molar-refractivity contribution in [1.82, 2.24) is 0 Å². The van der Waals surface area contributed by atoms with Gasteiger partial charge >= 0.3 is 5.97 Å². The first kappa shape index (κ1) is 29.4. The molecule has 3 aromatic carbocycles. The van der Waals surface area contributed by atoms with E-state index in [1.54, 1.807) is 13.8 Å². The maximum atomic E-state index is 10.7. The molecule has 0 aliphatic heterocycles. The van der Waals surface area contributed by atoms with E-state index >= 15 is 0 Å². The summed E-state index contributed by atoms with van der Waals surface area (Å²) in [5.41, 5.74) is 6.73. The number of ether oxygens (including phenoxy) is 1. The molecule has 38 heavy (non-hydrogen) atoms. The van der Waals surface area contributed by atoms with Crippen LogP contribution in [0.15, 0.2) is 60.7 Å². The van der Waals surface area contributed by atoms with Crippen LogP contribution in [0.5, 0.6) is 5.75 Å². The molecule has 0 saturated carbocycles. The van der Waals surface area contributed by atoms with E-state index in [1.807, 2.05) is 25.1 Å². The Balaban J connectivity index is 1.90. The Morgan fingerprint density at radius 3 is 2.08 bits per heavy atom. The Hall–Kier alpha value is -3.15. The molecule has 0 radical (unpaired) electrons. The molecule has 1 unspecified atom stereocenters. The van der Waals surface area contributed by atoms with E-state index in [0.717, 1.165) is 35.1 Å². The highest BCUT2D eigenvalue weighted by Gasteiger charge is 2.31. The molecule has 0 aliphatic rings. The predicted molar refractivity (Wildman–Crippen MR) is 153 cm³/mol. The van der Waals surface area contributed by atoms with Crippen LogP contribution < -0.4 is 4.74 Å². The number of rotatable bonds is 12. The Kier molecular flexibility index (Phi) is 9.40. The molecule has 3 N–H and O–H groups in total. The van der Waals surface area contributed by atoms with E-state index in [2.05, 4.69) is 63.2 Å². The lowest BCUT2D eigenvalue weighted by Gasteiger charge is -2.34. The van der Waals surface area contributed by atoms with E-state index in [4.69, 9.17) is 9.84 Å². The summed E-state index contributed by atoms with van der Waals surface area (Å²) in [4.78, 5) is 10.7. The zero-order valence-electron chi connectivity index (χ0n) is 23.5. The van der Waals surface area contributed by atoms with Crippen molar-refractivity contribution in [2.45, 2.75) is 84.3 Å². The van der Waals surface area contributed by atoms with Gasteiger partial charge in [0.1, 0.15) is 12.4 Å². The number of carboxylic acid groups (broad SMARTS) is 1. The van der Waals surface area contributed by atoms with Crippen molar-refractivity contribution in [3.63, 3.8) is 0 Å². The number of hydrogen-bond donors (Lipinski definition) is 3. The maximum absolute atomic E-state index is 10.7. The number of benzene rings is 3. The molecular formula is C33H42O5. The van der Waals surface area contributed by atoms with Gasteiger partial charge < -0.3 is 20.1 Å². The first-order chi connectivity index (χ1) is 17.9. The van der Waals surface area contributed by atoms with Crippen LogP contribution in [-0.2, 0) is 15.8 Å². The van der Waals surface area contributed by atoms with E-state index in [0.29, 0.717) is 5.75 Å². The van der Waals surface area contributed by atoms with Gasteiger partial charge in [-0.3, -0.25) is 4.79 Å². The predicted octanol–water partition coefficient (Wildman–Crippen LogP) is 6.91. The summed E-state index contributed by atoms with van der Waals surface area (Å²) < 4.78 is 5.83. The quantitative estimate of drug-likeness (QED) is 0.243. The van der Waals surface area contributed by atoms with Gasteiger partial charge in [-0.2, -0.15) is 0 Å². The SMILES string of the molecule is CCC(CC)(c1ccc(OCC(O)CCC(=O)O)c(C)c1)c1ccc(-c2cccc(C(C)(C)O)c2)c(C)c1. The molecule has 5 nitrogen and oxygen atoms in total. The molecule has 3 aromatic rings. The van der Waals surface area contributed by atoms with Crippen molar-refractivity contribution in [2.24, 2.45) is 0 Å². The summed E-state index contributed by atoms with van der Waals surface area (Å²) in [6, 6.07) is 21.0. The van der Waals surface area contributed by atoms with Crippen LogP contribution in [0.2, 0.25) is 0 Å². The fourth-order valence-corrected chi connectivity index (χ4v) is 5.25. The smallest absolute Gasteiger partial charge is 0.303 e. The standard InChI is InChI=1S/C33H42O5/c1-7-33(8-2,27-13-16-30(23(4)19-27)38-21-28(34)14-17-31(35)36)26-12-15-29(22(3)18-26)24-10-9-11-25(20-24)32(5,6)37/h9-13,15-16,18-20,28,34,37H,7-8,14,17,21H2,1-6H3,(H,35,36). The first-order valence-corrected chi connectivity index (χ1v) is 13.5. The maximum Gasteiger partial charge on any atom is 0.303 e. The van der Waals surface area contributed by atoms with E-state index in [-0.39, 0.29) is 24.9 Å². The van der Waals surface area contributed by atoms with Gasteiger partial charge in [-0.05, 0) is 98.0 Å². The summed E-state index contributed by atoms with van der Waals surface area (Å²) in [6.45, 7) is 12.3.